The Morgan fingerprint density at radius 1 is 1.24 bits per heavy atom. The molecule has 2 aromatic carbocycles. The van der Waals surface area contributed by atoms with Crippen molar-refractivity contribution in [2.24, 2.45) is 5.10 Å². The van der Waals surface area contributed by atoms with E-state index in [9.17, 15) is 14.7 Å². The zero-order valence-corrected chi connectivity index (χ0v) is 18.0. The van der Waals surface area contributed by atoms with Gasteiger partial charge in [-0.3, -0.25) is 4.79 Å². The van der Waals surface area contributed by atoms with Crippen molar-refractivity contribution in [3.8, 4) is 11.5 Å². The largest absolute Gasteiger partial charge is 0.504 e. The molecule has 0 radical (unpaired) electrons. The summed E-state index contributed by atoms with van der Waals surface area (Å²) in [6.07, 6.45) is 1.94. The summed E-state index contributed by atoms with van der Waals surface area (Å²) in [6.45, 7) is 2.05. The second-order valence-corrected chi connectivity index (χ2v) is 7.23. The number of aromatic nitrogens is 1. The summed E-state index contributed by atoms with van der Waals surface area (Å²) < 4.78 is 15.6. The minimum atomic E-state index is -0.564. The van der Waals surface area contributed by atoms with Gasteiger partial charge >= 0.3 is 6.09 Å². The van der Waals surface area contributed by atoms with Crippen LogP contribution in [-0.2, 0) is 11.3 Å². The smallest absolute Gasteiger partial charge is 0.431 e. The Bertz CT molecular complexity index is 1170. The number of aromatic hydroxyl groups is 1. The van der Waals surface area contributed by atoms with Gasteiger partial charge in [-0.05, 0) is 42.3 Å². The number of hydrogen-bond donors (Lipinski definition) is 2. The topological polar surface area (TPSA) is 126 Å². The number of amides is 2. The third-order valence-corrected chi connectivity index (χ3v) is 5.03. The highest BCUT2D eigenvalue weighted by Gasteiger charge is 2.31. The molecule has 10 nitrogen and oxygen atoms in total. The summed E-state index contributed by atoms with van der Waals surface area (Å²) in [4.78, 5) is 28.3. The summed E-state index contributed by atoms with van der Waals surface area (Å²) in [7, 11) is 1.47. The molecule has 2 amide bonds. The van der Waals surface area contributed by atoms with E-state index in [-0.39, 0.29) is 18.1 Å². The molecule has 1 aliphatic rings. The molecule has 0 bridgehead atoms. The number of phenolic OH excluding ortho intramolecular Hbond substituents is 1. The molecule has 3 aromatic rings. The number of hydrogen-bond acceptors (Lipinski definition) is 8. The van der Waals surface area contributed by atoms with Gasteiger partial charge in [-0.2, -0.15) is 10.1 Å². The van der Waals surface area contributed by atoms with E-state index in [1.54, 1.807) is 36.4 Å². The van der Waals surface area contributed by atoms with Crippen molar-refractivity contribution in [2.45, 2.75) is 26.0 Å². The van der Waals surface area contributed by atoms with E-state index in [0.29, 0.717) is 29.1 Å². The third-order valence-electron chi connectivity index (χ3n) is 5.03. The lowest BCUT2D eigenvalue weighted by Crippen LogP contribution is -2.41. The normalized spacial score (nSPS) is 15.6. The maximum Gasteiger partial charge on any atom is 0.431 e. The Balaban J connectivity index is 1.51. The Labute approximate surface area is 189 Å². The van der Waals surface area contributed by atoms with E-state index >= 15 is 0 Å². The standard InChI is InChI=1S/C23H22N4O6/c1-3-18-21(15-6-9-19(31-2)17(28)10-15)26-27(23(30)33-18)12-14-4-7-16(8-5-14)25-22(29)20-11-24-13-32-20/h4-11,13,18,28H,3,12H2,1-2H3,(H,25,29). The minimum absolute atomic E-state index is 0.0287. The first-order chi connectivity index (χ1) is 16.0. The number of oxazole rings is 1. The number of benzene rings is 2. The number of nitrogens with one attached hydrogen (secondary N) is 1. The van der Waals surface area contributed by atoms with Gasteiger partial charge in [0.2, 0.25) is 5.76 Å². The number of phenols is 1. The van der Waals surface area contributed by atoms with Gasteiger partial charge in [-0.25, -0.2) is 9.78 Å². The summed E-state index contributed by atoms with van der Waals surface area (Å²) in [5, 5.41) is 18.6. The van der Waals surface area contributed by atoms with Crippen molar-refractivity contribution in [3.05, 3.63) is 71.9 Å². The first-order valence-electron chi connectivity index (χ1n) is 10.2. The first-order valence-corrected chi connectivity index (χ1v) is 10.2. The lowest BCUT2D eigenvalue weighted by molar-refractivity contribution is 0.0712. The lowest BCUT2D eigenvalue weighted by Gasteiger charge is -2.29. The molecule has 33 heavy (non-hydrogen) atoms. The van der Waals surface area contributed by atoms with E-state index < -0.39 is 18.1 Å². The van der Waals surface area contributed by atoms with Crippen molar-refractivity contribution in [2.75, 3.05) is 12.4 Å². The number of rotatable bonds is 7. The van der Waals surface area contributed by atoms with E-state index in [4.69, 9.17) is 13.9 Å². The van der Waals surface area contributed by atoms with Gasteiger partial charge < -0.3 is 24.3 Å². The molecule has 170 valence electrons. The lowest BCUT2D eigenvalue weighted by atomic mass is 10.0. The second kappa shape index (κ2) is 9.43. The van der Waals surface area contributed by atoms with Crippen LogP contribution in [0.25, 0.3) is 0 Å². The van der Waals surface area contributed by atoms with Gasteiger partial charge in [0, 0.05) is 11.3 Å². The highest BCUT2D eigenvalue weighted by Crippen LogP contribution is 2.29. The monoisotopic (exact) mass is 450 g/mol. The van der Waals surface area contributed by atoms with Gasteiger partial charge in [-0.15, -0.1) is 0 Å². The third kappa shape index (κ3) is 4.79. The Hall–Kier alpha value is -4.34. The summed E-state index contributed by atoms with van der Waals surface area (Å²) in [5.41, 5.74) is 2.50. The minimum Gasteiger partial charge on any atom is -0.504 e. The van der Waals surface area contributed by atoms with Gasteiger partial charge in [-0.1, -0.05) is 19.1 Å². The molecule has 0 spiro atoms. The number of methoxy groups -OCH3 is 1. The van der Waals surface area contributed by atoms with Crippen LogP contribution in [0, 0.1) is 0 Å². The Morgan fingerprint density at radius 3 is 2.67 bits per heavy atom. The van der Waals surface area contributed by atoms with E-state index in [1.807, 2.05) is 6.92 Å². The molecule has 1 aromatic heterocycles. The van der Waals surface area contributed by atoms with Crippen LogP contribution in [0.3, 0.4) is 0 Å². The number of nitrogens with zero attached hydrogens (tertiary/aromatic N) is 3. The predicted molar refractivity (Wildman–Crippen MR) is 118 cm³/mol. The van der Waals surface area contributed by atoms with Crippen LogP contribution in [-0.4, -0.2) is 46.0 Å². The number of ether oxygens (including phenoxy) is 2. The quantitative estimate of drug-likeness (QED) is 0.561. The van der Waals surface area contributed by atoms with Crippen molar-refractivity contribution in [3.63, 3.8) is 0 Å². The van der Waals surface area contributed by atoms with Crippen molar-refractivity contribution in [1.82, 2.24) is 9.99 Å². The fourth-order valence-corrected chi connectivity index (χ4v) is 3.33. The van der Waals surface area contributed by atoms with Crippen LogP contribution in [0.15, 0.2) is 64.6 Å². The molecular weight excluding hydrogens is 428 g/mol. The molecular formula is C23H22N4O6. The van der Waals surface area contributed by atoms with Gasteiger partial charge in [0.25, 0.3) is 5.91 Å². The zero-order chi connectivity index (χ0) is 23.4. The summed E-state index contributed by atoms with van der Waals surface area (Å²) in [5.74, 6) is 0.000947. The average molecular weight is 450 g/mol. The molecule has 4 rings (SSSR count). The SMILES string of the molecule is CCC1OC(=O)N(Cc2ccc(NC(=O)c3cnco3)cc2)N=C1c1ccc(OC)c(O)c1. The van der Waals surface area contributed by atoms with Gasteiger partial charge in [0.15, 0.2) is 17.9 Å². The molecule has 1 unspecified atom stereocenters. The molecule has 1 aliphatic heterocycles. The predicted octanol–water partition coefficient (Wildman–Crippen LogP) is 3.78. The molecule has 0 aliphatic carbocycles. The highest BCUT2D eigenvalue weighted by molar-refractivity contribution is 6.06. The summed E-state index contributed by atoms with van der Waals surface area (Å²) >= 11 is 0. The fourth-order valence-electron chi connectivity index (χ4n) is 3.33. The Morgan fingerprint density at radius 2 is 2.03 bits per heavy atom. The average Bonchev–Trinajstić information content (AvgIpc) is 3.36. The van der Waals surface area contributed by atoms with Crippen molar-refractivity contribution in [1.29, 1.82) is 0 Å². The summed E-state index contributed by atoms with van der Waals surface area (Å²) in [6, 6.07) is 11.9. The van der Waals surface area contributed by atoms with Crippen molar-refractivity contribution >= 4 is 23.4 Å². The molecule has 2 N–H and O–H groups in total. The number of carbonyl (C=O) groups is 2. The van der Waals surface area contributed by atoms with Crippen LogP contribution >= 0.6 is 0 Å². The van der Waals surface area contributed by atoms with Crippen LogP contribution in [0.4, 0.5) is 10.5 Å². The molecule has 10 heteroatoms. The zero-order valence-electron chi connectivity index (χ0n) is 18.0. The molecule has 2 heterocycles. The number of cyclic esters (lactones) is 1. The molecule has 0 fully saturated rings. The maximum atomic E-state index is 12.5. The molecule has 0 saturated carbocycles. The number of anilines is 1. The van der Waals surface area contributed by atoms with Gasteiger partial charge in [0.05, 0.1) is 19.9 Å². The van der Waals surface area contributed by atoms with Crippen LogP contribution in [0.5, 0.6) is 11.5 Å². The van der Waals surface area contributed by atoms with E-state index in [0.717, 1.165) is 5.56 Å². The second-order valence-electron chi connectivity index (χ2n) is 7.23. The Kier molecular flexibility index (Phi) is 6.25. The van der Waals surface area contributed by atoms with Crippen molar-refractivity contribution < 1.29 is 28.6 Å². The highest BCUT2D eigenvalue weighted by atomic mass is 16.6. The van der Waals surface area contributed by atoms with Crippen LogP contribution in [0.2, 0.25) is 0 Å². The van der Waals surface area contributed by atoms with E-state index in [2.05, 4.69) is 15.4 Å². The fraction of sp³-hybridized carbons (Fsp3) is 0.217. The number of carbonyl (C=O) groups excluding carboxylic acids is 2. The van der Waals surface area contributed by atoms with E-state index in [1.165, 1.54) is 30.8 Å². The molecule has 0 saturated heterocycles. The molecule has 1 atom stereocenters. The number of hydrazone groups is 1. The van der Waals surface area contributed by atoms with Crippen LogP contribution < -0.4 is 10.1 Å². The first kappa shape index (κ1) is 21.9. The van der Waals surface area contributed by atoms with Gasteiger partial charge in [0.1, 0.15) is 11.8 Å². The maximum absolute atomic E-state index is 12.5. The van der Waals surface area contributed by atoms with Crippen LogP contribution in [0.1, 0.15) is 35.0 Å².